The molecule has 5 heteroatoms. The summed E-state index contributed by atoms with van der Waals surface area (Å²) < 4.78 is 3.54. The van der Waals surface area contributed by atoms with Gasteiger partial charge in [-0.15, -0.1) is 0 Å². The van der Waals surface area contributed by atoms with Gasteiger partial charge in [0.1, 0.15) is 0 Å². The van der Waals surface area contributed by atoms with Gasteiger partial charge < -0.3 is 5.32 Å². The first-order valence-electron chi connectivity index (χ1n) is 5.97. The lowest BCUT2D eigenvalue weighted by molar-refractivity contribution is 0.476. The van der Waals surface area contributed by atoms with Crippen molar-refractivity contribution in [1.82, 2.24) is 19.4 Å². The molecule has 1 aliphatic rings. The Labute approximate surface area is 99.1 Å². The Morgan fingerprint density at radius 2 is 2.41 bits per heavy atom. The zero-order valence-electron chi connectivity index (χ0n) is 9.89. The molecule has 1 aliphatic heterocycles. The number of hydrogen-bond donors (Lipinski definition) is 1. The molecular formula is C12H16N4O. The van der Waals surface area contributed by atoms with Crippen molar-refractivity contribution < 1.29 is 0 Å². The van der Waals surface area contributed by atoms with Crippen molar-refractivity contribution in [3.05, 3.63) is 28.9 Å². The smallest absolute Gasteiger partial charge is 0.316 e. The van der Waals surface area contributed by atoms with Gasteiger partial charge in [0, 0.05) is 19.8 Å². The normalized spacial score (nSPS) is 20.2. The van der Waals surface area contributed by atoms with Crippen LogP contribution in [0.5, 0.6) is 0 Å². The third kappa shape index (κ3) is 1.67. The molecule has 1 saturated heterocycles. The molecule has 0 saturated carbocycles. The van der Waals surface area contributed by atoms with Gasteiger partial charge in [0.15, 0.2) is 0 Å². The van der Waals surface area contributed by atoms with E-state index in [2.05, 4.69) is 10.3 Å². The predicted octanol–water partition coefficient (Wildman–Crippen LogP) is 0.345. The summed E-state index contributed by atoms with van der Waals surface area (Å²) in [4.78, 5) is 16.3. The van der Waals surface area contributed by atoms with Gasteiger partial charge in [-0.2, -0.15) is 0 Å². The number of nitrogens with zero attached hydrogens (tertiary/aromatic N) is 3. The number of aromatic nitrogens is 3. The van der Waals surface area contributed by atoms with Gasteiger partial charge in [-0.3, -0.25) is 14.1 Å². The molecule has 2 aromatic rings. The number of fused-ring (bicyclic) bond motifs is 1. The second-order valence-corrected chi connectivity index (χ2v) is 4.68. The molecule has 1 atom stereocenters. The van der Waals surface area contributed by atoms with Gasteiger partial charge in [0.05, 0.1) is 17.2 Å². The molecule has 1 N–H and O–H groups in total. The van der Waals surface area contributed by atoms with Crippen LogP contribution in [0, 0.1) is 5.92 Å². The van der Waals surface area contributed by atoms with Crippen molar-refractivity contribution >= 4 is 11.0 Å². The fraction of sp³-hybridized carbons (Fsp3) is 0.500. The van der Waals surface area contributed by atoms with Gasteiger partial charge in [-0.25, -0.2) is 4.79 Å². The van der Waals surface area contributed by atoms with Crippen LogP contribution in [0.2, 0.25) is 0 Å². The Balaban J connectivity index is 2.08. The Morgan fingerprint density at radius 1 is 1.53 bits per heavy atom. The summed E-state index contributed by atoms with van der Waals surface area (Å²) in [7, 11) is 1.81. The largest absolute Gasteiger partial charge is 0.328 e. The number of nitrogens with one attached hydrogen (secondary N) is 1. The van der Waals surface area contributed by atoms with Gasteiger partial charge in [-0.1, -0.05) is 0 Å². The van der Waals surface area contributed by atoms with Crippen molar-refractivity contribution in [3.63, 3.8) is 0 Å². The highest BCUT2D eigenvalue weighted by Gasteiger charge is 2.18. The van der Waals surface area contributed by atoms with Crippen molar-refractivity contribution in [3.8, 4) is 0 Å². The maximum Gasteiger partial charge on any atom is 0.328 e. The summed E-state index contributed by atoms with van der Waals surface area (Å²) in [6.07, 6.45) is 4.64. The molecule has 1 fully saturated rings. The van der Waals surface area contributed by atoms with Crippen LogP contribution >= 0.6 is 0 Å². The molecule has 3 heterocycles. The molecule has 0 aromatic carbocycles. The lowest BCUT2D eigenvalue weighted by Crippen LogP contribution is -2.26. The van der Waals surface area contributed by atoms with E-state index in [1.54, 1.807) is 17.0 Å². The zero-order valence-corrected chi connectivity index (χ0v) is 9.89. The molecule has 2 aromatic heterocycles. The predicted molar refractivity (Wildman–Crippen MR) is 66.0 cm³/mol. The Morgan fingerprint density at radius 3 is 3.18 bits per heavy atom. The monoisotopic (exact) mass is 232 g/mol. The summed E-state index contributed by atoms with van der Waals surface area (Å²) in [6, 6.07) is 1.89. The van der Waals surface area contributed by atoms with Crippen molar-refractivity contribution in [2.45, 2.75) is 13.0 Å². The fourth-order valence-corrected chi connectivity index (χ4v) is 2.56. The van der Waals surface area contributed by atoms with E-state index in [0.29, 0.717) is 5.92 Å². The van der Waals surface area contributed by atoms with Crippen LogP contribution in [0.25, 0.3) is 11.0 Å². The van der Waals surface area contributed by atoms with Crippen LogP contribution in [-0.4, -0.2) is 27.2 Å². The van der Waals surface area contributed by atoms with E-state index in [9.17, 15) is 4.79 Å². The molecule has 0 bridgehead atoms. The quantitative estimate of drug-likeness (QED) is 0.812. The Hall–Kier alpha value is -1.62. The van der Waals surface area contributed by atoms with Gasteiger partial charge >= 0.3 is 5.69 Å². The average Bonchev–Trinajstić information content (AvgIpc) is 2.94. The molecule has 0 amide bonds. The molecule has 1 unspecified atom stereocenters. The minimum Gasteiger partial charge on any atom is -0.316 e. The fourth-order valence-electron chi connectivity index (χ4n) is 2.56. The lowest BCUT2D eigenvalue weighted by Gasteiger charge is -2.08. The third-order valence-electron chi connectivity index (χ3n) is 3.55. The summed E-state index contributed by atoms with van der Waals surface area (Å²) in [5.41, 5.74) is 1.95. The van der Waals surface area contributed by atoms with Crippen LogP contribution in [0.15, 0.2) is 23.3 Å². The maximum absolute atomic E-state index is 12.2. The highest BCUT2D eigenvalue weighted by molar-refractivity contribution is 5.74. The summed E-state index contributed by atoms with van der Waals surface area (Å²) in [5.74, 6) is 0.554. The highest BCUT2D eigenvalue weighted by atomic mass is 16.1. The number of aryl methyl sites for hydroxylation is 1. The van der Waals surface area contributed by atoms with Crippen LogP contribution in [-0.2, 0) is 13.6 Å². The van der Waals surface area contributed by atoms with E-state index in [-0.39, 0.29) is 5.69 Å². The maximum atomic E-state index is 12.2. The summed E-state index contributed by atoms with van der Waals surface area (Å²) >= 11 is 0. The zero-order chi connectivity index (χ0) is 11.8. The van der Waals surface area contributed by atoms with Crippen LogP contribution in [0.4, 0.5) is 0 Å². The second-order valence-electron chi connectivity index (χ2n) is 4.68. The van der Waals surface area contributed by atoms with Crippen molar-refractivity contribution in [2.75, 3.05) is 13.1 Å². The van der Waals surface area contributed by atoms with E-state index in [1.165, 1.54) is 0 Å². The van der Waals surface area contributed by atoms with Crippen molar-refractivity contribution in [2.24, 2.45) is 13.0 Å². The molecule has 90 valence electrons. The number of pyridine rings is 1. The summed E-state index contributed by atoms with van der Waals surface area (Å²) in [6.45, 7) is 2.85. The molecule has 3 rings (SSSR count). The third-order valence-corrected chi connectivity index (χ3v) is 3.55. The van der Waals surface area contributed by atoms with E-state index >= 15 is 0 Å². The lowest BCUT2D eigenvalue weighted by atomic mass is 10.1. The molecule has 0 spiro atoms. The van der Waals surface area contributed by atoms with E-state index < -0.39 is 0 Å². The number of hydrogen-bond acceptors (Lipinski definition) is 3. The SMILES string of the molecule is Cn1c(=O)n(CC2CCNC2)c2cnccc21. The number of imidazole rings is 1. The molecule has 0 radical (unpaired) electrons. The van der Waals surface area contributed by atoms with Gasteiger partial charge in [-0.05, 0) is 31.5 Å². The minimum absolute atomic E-state index is 0.0555. The van der Waals surface area contributed by atoms with E-state index in [4.69, 9.17) is 0 Å². The van der Waals surface area contributed by atoms with Crippen LogP contribution in [0.3, 0.4) is 0 Å². The topological polar surface area (TPSA) is 51.9 Å². The molecule has 17 heavy (non-hydrogen) atoms. The number of rotatable bonds is 2. The Bertz CT molecular complexity index is 592. The molecular weight excluding hydrogens is 216 g/mol. The molecule has 5 nitrogen and oxygen atoms in total. The minimum atomic E-state index is 0.0555. The van der Waals surface area contributed by atoms with Gasteiger partial charge in [0.25, 0.3) is 0 Å². The summed E-state index contributed by atoms with van der Waals surface area (Å²) in [5, 5.41) is 3.33. The van der Waals surface area contributed by atoms with E-state index in [0.717, 1.165) is 37.1 Å². The molecule has 0 aliphatic carbocycles. The van der Waals surface area contributed by atoms with Crippen molar-refractivity contribution in [1.29, 1.82) is 0 Å². The van der Waals surface area contributed by atoms with Crippen LogP contribution < -0.4 is 11.0 Å². The van der Waals surface area contributed by atoms with Crippen LogP contribution in [0.1, 0.15) is 6.42 Å². The Kier molecular flexibility index (Phi) is 2.48. The van der Waals surface area contributed by atoms with Gasteiger partial charge in [0.2, 0.25) is 0 Å². The standard InChI is InChI=1S/C12H16N4O/c1-15-10-3-5-14-7-11(10)16(12(15)17)8-9-2-4-13-6-9/h3,5,7,9,13H,2,4,6,8H2,1H3. The average molecular weight is 232 g/mol. The first kappa shape index (κ1) is 10.5. The highest BCUT2D eigenvalue weighted by Crippen LogP contribution is 2.15. The van der Waals surface area contributed by atoms with E-state index in [1.807, 2.05) is 17.7 Å². The first-order chi connectivity index (χ1) is 8.27. The first-order valence-corrected chi connectivity index (χ1v) is 5.97. The second kappa shape index (κ2) is 4.00.